The molecule has 0 aliphatic carbocycles. The van der Waals surface area contributed by atoms with Crippen LogP contribution in [-0.2, 0) is 0 Å². The van der Waals surface area contributed by atoms with Gasteiger partial charge in [-0.3, -0.25) is 4.98 Å². The van der Waals surface area contributed by atoms with E-state index < -0.39 is 0 Å². The Morgan fingerprint density at radius 3 is 2.64 bits per heavy atom. The van der Waals surface area contributed by atoms with Gasteiger partial charge in [0, 0.05) is 0 Å². The Labute approximate surface area is 86.7 Å². The minimum atomic E-state index is 0. The van der Waals surface area contributed by atoms with E-state index in [1.54, 1.807) is 13.2 Å². The van der Waals surface area contributed by atoms with Crippen LogP contribution in [0.4, 0.5) is 0 Å². The smallest absolute Gasteiger partial charge is 0.481 e. The van der Waals surface area contributed by atoms with Crippen molar-refractivity contribution in [1.82, 2.24) is 4.98 Å². The SMILES string of the molecule is [CH2-]c1nc(OC)ccc1Br.[Li+]. The number of pyridine rings is 1. The van der Waals surface area contributed by atoms with Crippen LogP contribution < -0.4 is 23.6 Å². The normalized spacial score (nSPS) is 8.55. The largest absolute Gasteiger partial charge is 1.00 e. The van der Waals surface area contributed by atoms with Gasteiger partial charge in [0.05, 0.1) is 7.11 Å². The van der Waals surface area contributed by atoms with E-state index >= 15 is 0 Å². The minimum absolute atomic E-state index is 0. The Morgan fingerprint density at radius 2 is 2.18 bits per heavy atom. The molecule has 0 N–H and O–H groups in total. The summed E-state index contributed by atoms with van der Waals surface area (Å²) in [5.41, 5.74) is 0.694. The van der Waals surface area contributed by atoms with E-state index in [0.29, 0.717) is 11.6 Å². The van der Waals surface area contributed by atoms with Crippen molar-refractivity contribution in [2.75, 3.05) is 7.11 Å². The van der Waals surface area contributed by atoms with Crippen LogP contribution in [0.5, 0.6) is 5.88 Å². The first-order chi connectivity index (χ1) is 4.74. The van der Waals surface area contributed by atoms with Gasteiger partial charge in [-0.2, -0.15) is 15.9 Å². The molecule has 0 saturated heterocycles. The predicted molar refractivity (Wildman–Crippen MR) is 42.9 cm³/mol. The quantitative estimate of drug-likeness (QED) is 0.438. The van der Waals surface area contributed by atoms with Crippen molar-refractivity contribution in [3.05, 3.63) is 29.2 Å². The second kappa shape index (κ2) is 4.71. The zero-order valence-corrected chi connectivity index (χ0v) is 8.18. The maximum atomic E-state index is 4.88. The van der Waals surface area contributed by atoms with Crippen molar-refractivity contribution >= 4 is 15.9 Å². The van der Waals surface area contributed by atoms with Crippen molar-refractivity contribution in [2.45, 2.75) is 0 Å². The molecule has 0 fully saturated rings. The first-order valence-electron chi connectivity index (χ1n) is 2.76. The van der Waals surface area contributed by atoms with Gasteiger partial charge in [0.15, 0.2) is 0 Å². The summed E-state index contributed by atoms with van der Waals surface area (Å²) in [5.74, 6) is 0.591. The Balaban J connectivity index is 0.000001000. The minimum Gasteiger partial charge on any atom is -0.481 e. The van der Waals surface area contributed by atoms with Crippen molar-refractivity contribution < 1.29 is 23.6 Å². The number of hydrogen-bond acceptors (Lipinski definition) is 2. The molecular formula is C7H7BrLiNO. The molecule has 1 aromatic heterocycles. The maximum Gasteiger partial charge on any atom is 1.00 e. The summed E-state index contributed by atoms with van der Waals surface area (Å²) >= 11 is 3.28. The van der Waals surface area contributed by atoms with E-state index in [1.165, 1.54) is 0 Å². The molecule has 0 saturated carbocycles. The second-order valence-corrected chi connectivity index (χ2v) is 2.64. The third kappa shape index (κ3) is 2.78. The van der Waals surface area contributed by atoms with Crippen molar-refractivity contribution in [1.29, 1.82) is 0 Å². The van der Waals surface area contributed by atoms with Crippen LogP contribution in [0, 0.1) is 6.92 Å². The fourth-order valence-electron chi connectivity index (χ4n) is 0.578. The standard InChI is InChI=1S/C7H7BrNO.Li/c1-5-6(8)3-4-7(9-5)10-2;/h3-4H,1H2,2H3;/q-1;+1. The van der Waals surface area contributed by atoms with Crippen molar-refractivity contribution in [3.8, 4) is 5.88 Å². The fourth-order valence-corrected chi connectivity index (χ4v) is 0.799. The molecular weight excluding hydrogens is 201 g/mol. The predicted octanol–water partition coefficient (Wildman–Crippen LogP) is -0.961. The number of ether oxygens (including phenoxy) is 1. The summed E-state index contributed by atoms with van der Waals surface area (Å²) in [6.07, 6.45) is 0. The summed E-state index contributed by atoms with van der Waals surface area (Å²) in [7, 11) is 1.58. The van der Waals surface area contributed by atoms with Gasteiger partial charge in [-0.05, 0) is 6.07 Å². The van der Waals surface area contributed by atoms with E-state index in [4.69, 9.17) is 4.74 Å². The number of halogens is 1. The van der Waals surface area contributed by atoms with Crippen molar-refractivity contribution in [3.63, 3.8) is 0 Å². The van der Waals surface area contributed by atoms with Crippen LogP contribution in [-0.4, -0.2) is 12.1 Å². The van der Waals surface area contributed by atoms with Crippen LogP contribution in [0.3, 0.4) is 0 Å². The molecule has 4 heteroatoms. The fraction of sp³-hybridized carbons (Fsp3) is 0.143. The van der Waals surface area contributed by atoms with E-state index in [2.05, 4.69) is 27.8 Å². The van der Waals surface area contributed by atoms with Gasteiger partial charge in [0.1, 0.15) is 0 Å². The summed E-state index contributed by atoms with van der Waals surface area (Å²) in [5, 5.41) is 0. The summed E-state index contributed by atoms with van der Waals surface area (Å²) in [6, 6.07) is 3.63. The van der Waals surface area contributed by atoms with Gasteiger partial charge in [0.25, 0.3) is 0 Å². The molecule has 1 rings (SSSR count). The Hall–Kier alpha value is -0.103. The summed E-state index contributed by atoms with van der Waals surface area (Å²) in [6.45, 7) is 3.69. The third-order valence-electron chi connectivity index (χ3n) is 1.10. The number of hydrogen-bond donors (Lipinski definition) is 0. The van der Waals surface area contributed by atoms with E-state index in [0.717, 1.165) is 4.47 Å². The Morgan fingerprint density at radius 1 is 1.55 bits per heavy atom. The van der Waals surface area contributed by atoms with Gasteiger partial charge >= 0.3 is 18.9 Å². The van der Waals surface area contributed by atoms with Crippen molar-refractivity contribution in [2.24, 2.45) is 0 Å². The molecule has 0 aliphatic rings. The molecule has 0 spiro atoms. The average Bonchev–Trinajstić information content (AvgIpc) is 1.95. The van der Waals surface area contributed by atoms with Gasteiger partial charge in [0.2, 0.25) is 5.88 Å². The number of nitrogens with zero attached hydrogens (tertiary/aromatic N) is 1. The van der Waals surface area contributed by atoms with Crippen LogP contribution in [0.25, 0.3) is 0 Å². The van der Waals surface area contributed by atoms with Gasteiger partial charge in [-0.25, -0.2) is 6.92 Å². The van der Waals surface area contributed by atoms with Gasteiger partial charge in [-0.15, -0.1) is 10.5 Å². The summed E-state index contributed by atoms with van der Waals surface area (Å²) < 4.78 is 5.77. The van der Waals surface area contributed by atoms with Crippen LogP contribution in [0.1, 0.15) is 5.69 Å². The number of rotatable bonds is 1. The number of aromatic nitrogens is 1. The summed E-state index contributed by atoms with van der Waals surface area (Å²) in [4.78, 5) is 4.01. The molecule has 0 aliphatic heterocycles. The van der Waals surface area contributed by atoms with Gasteiger partial charge < -0.3 is 4.74 Å². The maximum absolute atomic E-state index is 4.88. The molecule has 1 aromatic rings. The monoisotopic (exact) mass is 207 g/mol. The molecule has 11 heavy (non-hydrogen) atoms. The molecule has 2 nitrogen and oxygen atoms in total. The molecule has 1 heterocycles. The third-order valence-corrected chi connectivity index (χ3v) is 1.82. The first kappa shape index (κ1) is 10.9. The molecule has 0 bridgehead atoms. The molecule has 0 unspecified atom stereocenters. The number of methoxy groups -OCH3 is 1. The molecule has 0 radical (unpaired) electrons. The Kier molecular flexibility index (Phi) is 4.67. The molecule has 0 aromatic carbocycles. The average molecular weight is 208 g/mol. The van der Waals surface area contributed by atoms with E-state index in [9.17, 15) is 0 Å². The molecule has 0 amide bonds. The van der Waals surface area contributed by atoms with E-state index in [1.807, 2.05) is 6.07 Å². The zero-order chi connectivity index (χ0) is 7.56. The molecule has 0 atom stereocenters. The van der Waals surface area contributed by atoms with Crippen LogP contribution in [0.15, 0.2) is 16.6 Å². The Bertz CT molecular complexity index is 242. The zero-order valence-electron chi connectivity index (χ0n) is 6.60. The van der Waals surface area contributed by atoms with Crippen LogP contribution >= 0.6 is 15.9 Å². The topological polar surface area (TPSA) is 22.1 Å². The van der Waals surface area contributed by atoms with Crippen LogP contribution in [0.2, 0.25) is 0 Å². The van der Waals surface area contributed by atoms with E-state index in [-0.39, 0.29) is 18.9 Å². The van der Waals surface area contributed by atoms with Gasteiger partial charge in [-0.1, -0.05) is 5.69 Å². The first-order valence-corrected chi connectivity index (χ1v) is 3.56. The molecule has 54 valence electrons. The second-order valence-electron chi connectivity index (χ2n) is 1.78.